The standard InChI is InChI=1S/C17H15Cl2NO3S/c18-13-3-2-12(14(19)6-13)8-24-9-17(21)20-7-11-1-4-15-16(5-11)23-10-22-15/h1-6H,7-10H2,(H,20,21). The average molecular weight is 384 g/mol. The van der Waals surface area contributed by atoms with Crippen molar-refractivity contribution < 1.29 is 14.3 Å². The molecule has 2 aromatic rings. The van der Waals surface area contributed by atoms with E-state index in [4.69, 9.17) is 32.7 Å². The zero-order valence-corrected chi connectivity index (χ0v) is 15.0. The fraction of sp³-hybridized carbons (Fsp3) is 0.235. The Balaban J connectivity index is 1.43. The quantitative estimate of drug-likeness (QED) is 0.808. The molecule has 1 heterocycles. The van der Waals surface area contributed by atoms with Gasteiger partial charge < -0.3 is 14.8 Å². The van der Waals surface area contributed by atoms with Gasteiger partial charge in [0, 0.05) is 22.3 Å². The summed E-state index contributed by atoms with van der Waals surface area (Å²) in [5, 5.41) is 4.12. The number of carbonyl (C=O) groups excluding carboxylic acids is 1. The van der Waals surface area contributed by atoms with Crippen LogP contribution in [-0.4, -0.2) is 18.5 Å². The van der Waals surface area contributed by atoms with Crippen molar-refractivity contribution in [3.05, 3.63) is 57.6 Å². The highest BCUT2D eigenvalue weighted by Gasteiger charge is 2.13. The maximum absolute atomic E-state index is 11.9. The minimum atomic E-state index is -0.0252. The molecular weight excluding hydrogens is 369 g/mol. The summed E-state index contributed by atoms with van der Waals surface area (Å²) < 4.78 is 10.6. The number of thioether (sulfide) groups is 1. The first-order valence-electron chi connectivity index (χ1n) is 7.29. The second-order valence-electron chi connectivity index (χ2n) is 5.19. The molecule has 1 aliphatic heterocycles. The molecule has 0 bridgehead atoms. The first-order chi connectivity index (χ1) is 11.6. The Morgan fingerprint density at radius 3 is 2.79 bits per heavy atom. The van der Waals surface area contributed by atoms with Crippen LogP contribution in [0, 0.1) is 0 Å². The molecule has 0 spiro atoms. The molecule has 0 aliphatic carbocycles. The summed E-state index contributed by atoms with van der Waals surface area (Å²) in [7, 11) is 0. The Bertz CT molecular complexity index is 755. The van der Waals surface area contributed by atoms with Gasteiger partial charge >= 0.3 is 0 Å². The maximum atomic E-state index is 11.9. The van der Waals surface area contributed by atoms with Crippen LogP contribution in [0.2, 0.25) is 10.0 Å². The van der Waals surface area contributed by atoms with Crippen LogP contribution >= 0.6 is 35.0 Å². The molecule has 1 N–H and O–H groups in total. The monoisotopic (exact) mass is 383 g/mol. The van der Waals surface area contributed by atoms with Crippen molar-refractivity contribution in [1.29, 1.82) is 0 Å². The van der Waals surface area contributed by atoms with Gasteiger partial charge in [0.05, 0.1) is 5.75 Å². The first-order valence-corrected chi connectivity index (χ1v) is 9.20. The molecule has 0 unspecified atom stereocenters. The number of rotatable bonds is 6. The van der Waals surface area contributed by atoms with Crippen molar-refractivity contribution in [3.8, 4) is 11.5 Å². The van der Waals surface area contributed by atoms with Crippen molar-refractivity contribution in [2.24, 2.45) is 0 Å². The number of hydrogen-bond donors (Lipinski definition) is 1. The highest BCUT2D eigenvalue weighted by Crippen LogP contribution is 2.32. The van der Waals surface area contributed by atoms with Crippen molar-refractivity contribution >= 4 is 40.9 Å². The second kappa shape index (κ2) is 8.01. The molecule has 126 valence electrons. The summed E-state index contributed by atoms with van der Waals surface area (Å²) in [6.45, 7) is 0.701. The highest BCUT2D eigenvalue weighted by atomic mass is 35.5. The molecule has 3 rings (SSSR count). The van der Waals surface area contributed by atoms with Crippen molar-refractivity contribution in [1.82, 2.24) is 5.32 Å². The highest BCUT2D eigenvalue weighted by molar-refractivity contribution is 7.99. The summed E-state index contributed by atoms with van der Waals surface area (Å²) in [5.41, 5.74) is 1.94. The van der Waals surface area contributed by atoms with Gasteiger partial charge in [0.15, 0.2) is 11.5 Å². The molecule has 0 radical (unpaired) electrons. The van der Waals surface area contributed by atoms with Crippen LogP contribution in [0.25, 0.3) is 0 Å². The fourth-order valence-electron chi connectivity index (χ4n) is 2.20. The van der Waals surface area contributed by atoms with Crippen molar-refractivity contribution in [2.45, 2.75) is 12.3 Å². The van der Waals surface area contributed by atoms with E-state index >= 15 is 0 Å². The molecule has 0 aromatic heterocycles. The first kappa shape index (κ1) is 17.3. The van der Waals surface area contributed by atoms with Gasteiger partial charge in [-0.25, -0.2) is 0 Å². The van der Waals surface area contributed by atoms with Gasteiger partial charge in [-0.05, 0) is 35.4 Å². The molecule has 7 heteroatoms. The smallest absolute Gasteiger partial charge is 0.231 e. The van der Waals surface area contributed by atoms with Gasteiger partial charge in [-0.1, -0.05) is 35.3 Å². The molecule has 1 aliphatic rings. The predicted octanol–water partition coefficient (Wildman–Crippen LogP) is 4.27. The van der Waals surface area contributed by atoms with Gasteiger partial charge in [0.25, 0.3) is 0 Å². The lowest BCUT2D eigenvalue weighted by Gasteiger charge is -2.07. The predicted molar refractivity (Wildman–Crippen MR) is 97.0 cm³/mol. The van der Waals surface area contributed by atoms with Crippen LogP contribution in [0.15, 0.2) is 36.4 Å². The number of carbonyl (C=O) groups is 1. The molecular formula is C17H15Cl2NO3S. The van der Waals surface area contributed by atoms with Crippen LogP contribution in [0.5, 0.6) is 11.5 Å². The largest absolute Gasteiger partial charge is 0.454 e. The van der Waals surface area contributed by atoms with Crippen LogP contribution in [0.1, 0.15) is 11.1 Å². The van der Waals surface area contributed by atoms with E-state index in [1.165, 1.54) is 11.8 Å². The van der Waals surface area contributed by atoms with E-state index in [-0.39, 0.29) is 12.7 Å². The van der Waals surface area contributed by atoms with E-state index in [0.29, 0.717) is 33.8 Å². The minimum Gasteiger partial charge on any atom is -0.454 e. The summed E-state index contributed by atoms with van der Waals surface area (Å²) in [6, 6.07) is 11.0. The van der Waals surface area contributed by atoms with E-state index in [9.17, 15) is 4.79 Å². The third kappa shape index (κ3) is 4.50. The van der Waals surface area contributed by atoms with E-state index in [0.717, 1.165) is 16.9 Å². The lowest BCUT2D eigenvalue weighted by atomic mass is 10.2. The molecule has 2 aromatic carbocycles. The van der Waals surface area contributed by atoms with Gasteiger partial charge in [0.1, 0.15) is 0 Å². The Kier molecular flexibility index (Phi) is 5.76. The summed E-state index contributed by atoms with van der Waals surface area (Å²) in [4.78, 5) is 11.9. The minimum absolute atomic E-state index is 0.0252. The molecule has 0 saturated carbocycles. The SMILES string of the molecule is O=C(CSCc1ccc(Cl)cc1Cl)NCc1ccc2c(c1)OCO2. The zero-order chi connectivity index (χ0) is 16.9. The number of benzene rings is 2. The third-order valence-electron chi connectivity index (χ3n) is 3.43. The molecule has 1 amide bonds. The molecule has 24 heavy (non-hydrogen) atoms. The summed E-state index contributed by atoms with van der Waals surface area (Å²) in [5.74, 6) is 2.45. The van der Waals surface area contributed by atoms with Crippen LogP contribution in [0.3, 0.4) is 0 Å². The van der Waals surface area contributed by atoms with Crippen LogP contribution in [0.4, 0.5) is 0 Å². The summed E-state index contributed by atoms with van der Waals surface area (Å²) in [6.07, 6.45) is 0. The van der Waals surface area contributed by atoms with E-state index in [2.05, 4.69) is 5.32 Å². The van der Waals surface area contributed by atoms with Crippen molar-refractivity contribution in [3.63, 3.8) is 0 Å². The number of fused-ring (bicyclic) bond motifs is 1. The topological polar surface area (TPSA) is 47.6 Å². The molecule has 0 saturated heterocycles. The average Bonchev–Trinajstić information content (AvgIpc) is 3.02. The number of amides is 1. The number of nitrogens with one attached hydrogen (secondary N) is 1. The Hall–Kier alpha value is -1.56. The van der Waals surface area contributed by atoms with Crippen LogP contribution in [-0.2, 0) is 17.1 Å². The molecule has 4 nitrogen and oxygen atoms in total. The van der Waals surface area contributed by atoms with Gasteiger partial charge in [0.2, 0.25) is 12.7 Å². The van der Waals surface area contributed by atoms with Crippen molar-refractivity contribution in [2.75, 3.05) is 12.5 Å². The Labute approximate surface area is 154 Å². The van der Waals surface area contributed by atoms with Gasteiger partial charge in [-0.3, -0.25) is 4.79 Å². The second-order valence-corrected chi connectivity index (χ2v) is 7.02. The van der Waals surface area contributed by atoms with Gasteiger partial charge in [-0.2, -0.15) is 0 Å². The van der Waals surface area contributed by atoms with E-state index < -0.39 is 0 Å². The van der Waals surface area contributed by atoms with E-state index in [1.807, 2.05) is 24.3 Å². The maximum Gasteiger partial charge on any atom is 0.231 e. The number of ether oxygens (including phenoxy) is 2. The Morgan fingerprint density at radius 2 is 1.96 bits per heavy atom. The van der Waals surface area contributed by atoms with E-state index in [1.54, 1.807) is 12.1 Å². The third-order valence-corrected chi connectivity index (χ3v) is 5.00. The fourth-order valence-corrected chi connectivity index (χ4v) is 3.61. The summed E-state index contributed by atoms with van der Waals surface area (Å²) >= 11 is 13.5. The lowest BCUT2D eigenvalue weighted by molar-refractivity contribution is -0.118. The molecule has 0 atom stereocenters. The Morgan fingerprint density at radius 1 is 1.12 bits per heavy atom. The zero-order valence-electron chi connectivity index (χ0n) is 12.7. The number of hydrogen-bond acceptors (Lipinski definition) is 4. The van der Waals surface area contributed by atoms with Crippen LogP contribution < -0.4 is 14.8 Å². The van der Waals surface area contributed by atoms with Gasteiger partial charge in [-0.15, -0.1) is 11.8 Å². The normalized spacial score (nSPS) is 12.2. The lowest BCUT2D eigenvalue weighted by Crippen LogP contribution is -2.24. The molecule has 0 fully saturated rings. The number of halogens is 2.